The fourth-order valence-electron chi connectivity index (χ4n) is 3.52. The predicted molar refractivity (Wildman–Crippen MR) is 74.3 cm³/mol. The Morgan fingerprint density at radius 1 is 1.22 bits per heavy atom. The first-order valence-electron chi connectivity index (χ1n) is 7.46. The van der Waals surface area contributed by atoms with Gasteiger partial charge in [-0.25, -0.2) is 0 Å². The maximum Gasteiger partial charge on any atom is 0.228 e. The van der Waals surface area contributed by atoms with Crippen LogP contribution in [0.4, 0.5) is 0 Å². The Morgan fingerprint density at radius 2 is 1.83 bits per heavy atom. The highest BCUT2D eigenvalue weighted by Gasteiger charge is 2.41. The smallest absolute Gasteiger partial charge is 0.228 e. The van der Waals surface area contributed by atoms with E-state index in [0.29, 0.717) is 23.8 Å². The Labute approximate surface area is 111 Å². The van der Waals surface area contributed by atoms with Gasteiger partial charge in [-0.1, -0.05) is 20.8 Å². The summed E-state index contributed by atoms with van der Waals surface area (Å²) in [6.07, 6.45) is 3.22. The second-order valence-corrected chi connectivity index (χ2v) is 6.83. The summed E-state index contributed by atoms with van der Waals surface area (Å²) in [6, 6.07) is 0.403. The first kappa shape index (κ1) is 13.9. The molecule has 0 aromatic carbocycles. The SMILES string of the molecule is CC1CC(C)C(C)N(C(=O)C2(C)CCNCC2)C1. The van der Waals surface area contributed by atoms with E-state index in [1.54, 1.807) is 0 Å². The van der Waals surface area contributed by atoms with Gasteiger partial charge in [0.2, 0.25) is 5.91 Å². The molecule has 0 saturated carbocycles. The van der Waals surface area contributed by atoms with Crippen LogP contribution < -0.4 is 5.32 Å². The Kier molecular flexibility index (Phi) is 4.00. The van der Waals surface area contributed by atoms with Gasteiger partial charge in [0.05, 0.1) is 0 Å². The maximum atomic E-state index is 12.9. The fraction of sp³-hybridized carbons (Fsp3) is 0.933. The Balaban J connectivity index is 2.11. The molecule has 0 aromatic heterocycles. The third-order valence-corrected chi connectivity index (χ3v) is 5.08. The largest absolute Gasteiger partial charge is 0.339 e. The predicted octanol–water partition coefficient (Wildman–Crippen LogP) is 2.27. The minimum absolute atomic E-state index is 0.129. The maximum absolute atomic E-state index is 12.9. The molecule has 2 aliphatic heterocycles. The highest BCUT2D eigenvalue weighted by atomic mass is 16.2. The van der Waals surface area contributed by atoms with Crippen molar-refractivity contribution in [3.63, 3.8) is 0 Å². The van der Waals surface area contributed by atoms with Gasteiger partial charge >= 0.3 is 0 Å². The van der Waals surface area contributed by atoms with Crippen LogP contribution in [0.2, 0.25) is 0 Å². The van der Waals surface area contributed by atoms with Gasteiger partial charge in [0.1, 0.15) is 0 Å². The molecule has 3 nitrogen and oxygen atoms in total. The monoisotopic (exact) mass is 252 g/mol. The molecular formula is C15H28N2O. The van der Waals surface area contributed by atoms with Crippen molar-refractivity contribution in [3.8, 4) is 0 Å². The molecule has 0 bridgehead atoms. The molecule has 3 unspecified atom stereocenters. The van der Waals surface area contributed by atoms with Gasteiger partial charge < -0.3 is 10.2 Å². The van der Waals surface area contributed by atoms with Crippen molar-refractivity contribution < 1.29 is 4.79 Å². The van der Waals surface area contributed by atoms with E-state index in [2.05, 4.69) is 37.9 Å². The number of likely N-dealkylation sites (tertiary alicyclic amines) is 1. The number of carbonyl (C=O) groups is 1. The summed E-state index contributed by atoms with van der Waals surface area (Å²) in [7, 11) is 0. The molecule has 104 valence electrons. The van der Waals surface area contributed by atoms with Crippen LogP contribution in [0.15, 0.2) is 0 Å². The quantitative estimate of drug-likeness (QED) is 0.776. The molecule has 1 N–H and O–H groups in total. The topological polar surface area (TPSA) is 32.3 Å². The molecule has 18 heavy (non-hydrogen) atoms. The van der Waals surface area contributed by atoms with E-state index in [9.17, 15) is 4.79 Å². The highest BCUT2D eigenvalue weighted by Crippen LogP contribution is 2.35. The number of nitrogens with zero attached hydrogens (tertiary/aromatic N) is 1. The van der Waals surface area contributed by atoms with Crippen molar-refractivity contribution in [2.75, 3.05) is 19.6 Å². The molecule has 2 aliphatic rings. The third kappa shape index (κ3) is 2.56. The number of hydrogen-bond donors (Lipinski definition) is 1. The van der Waals surface area contributed by atoms with E-state index in [0.717, 1.165) is 32.5 Å². The van der Waals surface area contributed by atoms with Crippen LogP contribution >= 0.6 is 0 Å². The van der Waals surface area contributed by atoms with Crippen molar-refractivity contribution in [3.05, 3.63) is 0 Å². The lowest BCUT2D eigenvalue weighted by atomic mass is 9.77. The summed E-state index contributed by atoms with van der Waals surface area (Å²) in [4.78, 5) is 15.0. The zero-order chi connectivity index (χ0) is 13.3. The van der Waals surface area contributed by atoms with Gasteiger partial charge in [0.15, 0.2) is 0 Å². The number of hydrogen-bond acceptors (Lipinski definition) is 2. The number of carbonyl (C=O) groups excluding carboxylic acids is 1. The Hall–Kier alpha value is -0.570. The van der Waals surface area contributed by atoms with Crippen LogP contribution in [0.25, 0.3) is 0 Å². The van der Waals surface area contributed by atoms with E-state index in [1.165, 1.54) is 6.42 Å². The van der Waals surface area contributed by atoms with Gasteiger partial charge in [0, 0.05) is 18.0 Å². The second-order valence-electron chi connectivity index (χ2n) is 6.83. The lowest BCUT2D eigenvalue weighted by Crippen LogP contribution is -2.55. The lowest BCUT2D eigenvalue weighted by molar-refractivity contribution is -0.149. The van der Waals surface area contributed by atoms with Crippen molar-refractivity contribution in [1.82, 2.24) is 10.2 Å². The van der Waals surface area contributed by atoms with Crippen LogP contribution in [-0.4, -0.2) is 36.5 Å². The van der Waals surface area contributed by atoms with Gasteiger partial charge in [-0.05, 0) is 51.1 Å². The van der Waals surface area contributed by atoms with Gasteiger partial charge in [-0.2, -0.15) is 0 Å². The minimum atomic E-state index is -0.129. The second kappa shape index (κ2) is 5.20. The van der Waals surface area contributed by atoms with Crippen molar-refractivity contribution >= 4 is 5.91 Å². The molecule has 2 fully saturated rings. The molecule has 3 atom stereocenters. The van der Waals surface area contributed by atoms with E-state index in [1.807, 2.05) is 0 Å². The normalized spacial score (nSPS) is 36.4. The zero-order valence-electron chi connectivity index (χ0n) is 12.3. The summed E-state index contributed by atoms with van der Waals surface area (Å²) >= 11 is 0. The van der Waals surface area contributed by atoms with E-state index in [-0.39, 0.29) is 5.41 Å². The van der Waals surface area contributed by atoms with Crippen molar-refractivity contribution in [1.29, 1.82) is 0 Å². The molecule has 0 spiro atoms. The van der Waals surface area contributed by atoms with Gasteiger partial charge in [-0.15, -0.1) is 0 Å². The van der Waals surface area contributed by atoms with Gasteiger partial charge in [0.25, 0.3) is 0 Å². The summed E-state index contributed by atoms with van der Waals surface area (Å²) in [6.45, 7) is 11.9. The van der Waals surface area contributed by atoms with Crippen LogP contribution in [0.3, 0.4) is 0 Å². The lowest BCUT2D eigenvalue weighted by Gasteiger charge is -2.46. The van der Waals surface area contributed by atoms with Crippen molar-refractivity contribution in [2.24, 2.45) is 17.3 Å². The molecule has 0 aliphatic carbocycles. The molecule has 1 amide bonds. The average Bonchev–Trinajstić information content (AvgIpc) is 2.34. The average molecular weight is 252 g/mol. The summed E-state index contributed by atoms with van der Waals surface area (Å²) in [5.74, 6) is 1.67. The Bertz CT molecular complexity index is 310. The van der Waals surface area contributed by atoms with Crippen LogP contribution in [-0.2, 0) is 4.79 Å². The number of amides is 1. The first-order chi connectivity index (χ1) is 8.44. The molecule has 3 heteroatoms. The zero-order valence-corrected chi connectivity index (χ0v) is 12.3. The molecule has 2 saturated heterocycles. The summed E-state index contributed by atoms with van der Waals surface area (Å²) in [5, 5.41) is 3.36. The number of piperidine rings is 2. The molecule has 0 aromatic rings. The summed E-state index contributed by atoms with van der Waals surface area (Å²) < 4.78 is 0. The molecule has 2 heterocycles. The third-order valence-electron chi connectivity index (χ3n) is 5.08. The van der Waals surface area contributed by atoms with E-state index in [4.69, 9.17) is 0 Å². The van der Waals surface area contributed by atoms with Crippen LogP contribution in [0.1, 0.15) is 47.0 Å². The van der Waals surface area contributed by atoms with E-state index >= 15 is 0 Å². The molecular weight excluding hydrogens is 224 g/mol. The molecule has 2 rings (SSSR count). The standard InChI is InChI=1S/C15H28N2O/c1-11-9-12(2)13(3)17(10-11)14(18)15(4)5-7-16-8-6-15/h11-13,16H,5-10H2,1-4H3. The first-order valence-corrected chi connectivity index (χ1v) is 7.46. The molecule has 0 radical (unpaired) electrons. The van der Waals surface area contributed by atoms with Gasteiger partial charge in [-0.3, -0.25) is 4.79 Å². The fourth-order valence-corrected chi connectivity index (χ4v) is 3.52. The number of nitrogens with one attached hydrogen (secondary N) is 1. The van der Waals surface area contributed by atoms with Crippen molar-refractivity contribution in [2.45, 2.75) is 53.0 Å². The van der Waals surface area contributed by atoms with Crippen LogP contribution in [0.5, 0.6) is 0 Å². The Morgan fingerprint density at radius 3 is 2.44 bits per heavy atom. The number of rotatable bonds is 1. The summed E-state index contributed by atoms with van der Waals surface area (Å²) in [5.41, 5.74) is -0.129. The minimum Gasteiger partial charge on any atom is -0.339 e. The van der Waals surface area contributed by atoms with E-state index < -0.39 is 0 Å². The highest BCUT2D eigenvalue weighted by molar-refractivity contribution is 5.83. The van der Waals surface area contributed by atoms with Crippen LogP contribution in [0, 0.1) is 17.3 Å².